The minimum Gasteiger partial charge on any atom is -0.368 e. The molecule has 1 aliphatic heterocycles. The number of imide groups is 1. The smallest absolute Gasteiger partial charge is 0.321 e. The summed E-state index contributed by atoms with van der Waals surface area (Å²) in [6.45, 7) is 6.48. The highest BCUT2D eigenvalue weighted by molar-refractivity contribution is 5.96. The second kappa shape index (κ2) is 8.05. The Balaban J connectivity index is 2.20. The van der Waals surface area contributed by atoms with Gasteiger partial charge in [-0.1, -0.05) is 0 Å². The zero-order valence-corrected chi connectivity index (χ0v) is 11.1. The van der Waals surface area contributed by atoms with Crippen LogP contribution in [0.25, 0.3) is 0 Å². The molecule has 0 aromatic rings. The molecule has 0 bridgehead atoms. The van der Waals surface area contributed by atoms with E-state index in [1.54, 1.807) is 13.8 Å². The van der Waals surface area contributed by atoms with Gasteiger partial charge in [-0.3, -0.25) is 10.1 Å². The fourth-order valence-corrected chi connectivity index (χ4v) is 1.84. The number of carbonyl (C=O) groups is 2. The molecule has 2 unspecified atom stereocenters. The van der Waals surface area contributed by atoms with Crippen LogP contribution >= 0.6 is 0 Å². The second-order valence-corrected chi connectivity index (χ2v) is 4.54. The highest BCUT2D eigenvalue weighted by atomic mass is 16.5. The van der Waals surface area contributed by atoms with E-state index in [4.69, 9.17) is 4.74 Å². The van der Waals surface area contributed by atoms with E-state index in [0.29, 0.717) is 19.1 Å². The number of carbonyl (C=O) groups excluding carboxylic acids is 2. The van der Waals surface area contributed by atoms with E-state index < -0.39 is 18.0 Å². The van der Waals surface area contributed by atoms with Crippen molar-refractivity contribution >= 4 is 11.9 Å². The molecule has 0 radical (unpaired) electrons. The van der Waals surface area contributed by atoms with Crippen LogP contribution in [-0.2, 0) is 9.53 Å². The van der Waals surface area contributed by atoms with Gasteiger partial charge in [0, 0.05) is 13.1 Å². The van der Waals surface area contributed by atoms with E-state index in [2.05, 4.69) is 16.0 Å². The van der Waals surface area contributed by atoms with Crippen molar-refractivity contribution in [1.29, 1.82) is 0 Å². The van der Waals surface area contributed by atoms with Crippen LogP contribution in [0, 0.1) is 5.92 Å². The Hall–Kier alpha value is -1.14. The van der Waals surface area contributed by atoms with Crippen LogP contribution in [0.3, 0.4) is 0 Å². The van der Waals surface area contributed by atoms with Crippen molar-refractivity contribution in [2.24, 2.45) is 5.92 Å². The van der Waals surface area contributed by atoms with Crippen molar-refractivity contribution < 1.29 is 14.3 Å². The van der Waals surface area contributed by atoms with Gasteiger partial charge in [0.1, 0.15) is 6.10 Å². The topological polar surface area (TPSA) is 79.5 Å². The summed E-state index contributed by atoms with van der Waals surface area (Å²) >= 11 is 0. The molecule has 1 rings (SSSR count). The summed E-state index contributed by atoms with van der Waals surface area (Å²) in [7, 11) is 0. The number of nitrogens with one attached hydrogen (secondary N) is 3. The van der Waals surface area contributed by atoms with E-state index in [0.717, 1.165) is 25.9 Å². The summed E-state index contributed by atoms with van der Waals surface area (Å²) in [5.74, 6) is 0.0585. The number of urea groups is 1. The van der Waals surface area contributed by atoms with Crippen molar-refractivity contribution in [3.63, 3.8) is 0 Å². The largest absolute Gasteiger partial charge is 0.368 e. The minimum absolute atomic E-state index is 0.398. The van der Waals surface area contributed by atoms with Crippen molar-refractivity contribution in [3.8, 4) is 0 Å². The van der Waals surface area contributed by atoms with Gasteiger partial charge < -0.3 is 15.4 Å². The Morgan fingerprint density at radius 2 is 2.28 bits per heavy atom. The molecule has 1 heterocycles. The molecule has 104 valence electrons. The zero-order valence-electron chi connectivity index (χ0n) is 11.1. The molecule has 0 aromatic carbocycles. The van der Waals surface area contributed by atoms with E-state index in [1.807, 2.05) is 0 Å². The van der Waals surface area contributed by atoms with Gasteiger partial charge in [0.15, 0.2) is 0 Å². The van der Waals surface area contributed by atoms with Crippen molar-refractivity contribution in [1.82, 2.24) is 16.0 Å². The van der Waals surface area contributed by atoms with Crippen LogP contribution in [-0.4, -0.2) is 44.3 Å². The number of piperidine rings is 1. The Kier molecular flexibility index (Phi) is 6.67. The van der Waals surface area contributed by atoms with Crippen molar-refractivity contribution in [3.05, 3.63) is 0 Å². The molecule has 3 amide bonds. The Labute approximate surface area is 108 Å². The average Bonchev–Trinajstić information content (AvgIpc) is 2.37. The molecule has 0 aromatic heterocycles. The minimum atomic E-state index is -0.602. The molecular weight excluding hydrogens is 234 g/mol. The summed E-state index contributed by atoms with van der Waals surface area (Å²) in [5, 5.41) is 8.03. The van der Waals surface area contributed by atoms with Crippen LogP contribution in [0.15, 0.2) is 0 Å². The summed E-state index contributed by atoms with van der Waals surface area (Å²) in [4.78, 5) is 22.7. The molecule has 18 heavy (non-hydrogen) atoms. The Morgan fingerprint density at radius 1 is 1.50 bits per heavy atom. The average molecular weight is 257 g/mol. The Morgan fingerprint density at radius 3 is 2.89 bits per heavy atom. The van der Waals surface area contributed by atoms with Gasteiger partial charge in [-0.15, -0.1) is 0 Å². The van der Waals surface area contributed by atoms with Gasteiger partial charge in [-0.05, 0) is 39.2 Å². The van der Waals surface area contributed by atoms with Crippen molar-refractivity contribution in [2.45, 2.75) is 32.8 Å². The maximum Gasteiger partial charge on any atom is 0.321 e. The van der Waals surface area contributed by atoms with Gasteiger partial charge >= 0.3 is 6.03 Å². The number of hydrogen-bond acceptors (Lipinski definition) is 4. The maximum atomic E-state index is 11.6. The molecule has 6 heteroatoms. The summed E-state index contributed by atoms with van der Waals surface area (Å²) in [6, 6.07) is -0.475. The molecule has 6 nitrogen and oxygen atoms in total. The zero-order chi connectivity index (χ0) is 13.4. The standard InChI is InChI=1S/C12H23N3O3/c1-3-14-12(17)15-11(16)9(2)18-8-10-5-4-6-13-7-10/h9-10,13H,3-8H2,1-2H3,(H2,14,15,16,17). The lowest BCUT2D eigenvalue weighted by Crippen LogP contribution is -2.44. The first-order valence-corrected chi connectivity index (χ1v) is 6.54. The summed E-state index contributed by atoms with van der Waals surface area (Å²) in [6.07, 6.45) is 1.67. The summed E-state index contributed by atoms with van der Waals surface area (Å²) in [5.41, 5.74) is 0. The van der Waals surface area contributed by atoms with Crippen LogP contribution in [0.5, 0.6) is 0 Å². The predicted molar refractivity (Wildman–Crippen MR) is 68.2 cm³/mol. The molecule has 2 atom stereocenters. The van der Waals surface area contributed by atoms with Crippen LogP contribution < -0.4 is 16.0 Å². The quantitative estimate of drug-likeness (QED) is 0.659. The predicted octanol–water partition coefficient (Wildman–Crippen LogP) is 0.237. The van der Waals surface area contributed by atoms with Gasteiger partial charge in [-0.25, -0.2) is 4.79 Å². The number of hydrogen-bond donors (Lipinski definition) is 3. The Bertz CT molecular complexity index is 278. The fourth-order valence-electron chi connectivity index (χ4n) is 1.84. The number of amides is 3. The first kappa shape index (κ1) is 14.9. The SMILES string of the molecule is CCNC(=O)NC(=O)C(C)OCC1CCCNC1. The van der Waals surface area contributed by atoms with Crippen molar-refractivity contribution in [2.75, 3.05) is 26.2 Å². The molecule has 0 spiro atoms. The summed E-state index contributed by atoms with van der Waals surface area (Å²) < 4.78 is 5.49. The molecule has 0 saturated carbocycles. The molecule has 1 saturated heterocycles. The first-order chi connectivity index (χ1) is 8.63. The molecule has 1 fully saturated rings. The molecular formula is C12H23N3O3. The lowest BCUT2D eigenvalue weighted by molar-refractivity contribution is -0.131. The van der Waals surface area contributed by atoms with E-state index in [-0.39, 0.29) is 0 Å². The lowest BCUT2D eigenvalue weighted by atomic mass is 10.0. The monoisotopic (exact) mass is 257 g/mol. The second-order valence-electron chi connectivity index (χ2n) is 4.54. The third-order valence-electron chi connectivity index (χ3n) is 2.92. The highest BCUT2D eigenvalue weighted by Gasteiger charge is 2.19. The molecule has 0 aliphatic carbocycles. The highest BCUT2D eigenvalue weighted by Crippen LogP contribution is 2.10. The first-order valence-electron chi connectivity index (χ1n) is 6.54. The van der Waals surface area contributed by atoms with Crippen LogP contribution in [0.4, 0.5) is 4.79 Å². The number of ether oxygens (including phenoxy) is 1. The normalized spacial score (nSPS) is 21.1. The van der Waals surface area contributed by atoms with E-state index >= 15 is 0 Å². The molecule has 1 aliphatic rings. The van der Waals surface area contributed by atoms with Gasteiger partial charge in [0.2, 0.25) is 0 Å². The van der Waals surface area contributed by atoms with Crippen LogP contribution in [0.1, 0.15) is 26.7 Å². The fraction of sp³-hybridized carbons (Fsp3) is 0.833. The third-order valence-corrected chi connectivity index (χ3v) is 2.92. The lowest BCUT2D eigenvalue weighted by Gasteiger charge is -2.23. The number of rotatable bonds is 5. The van der Waals surface area contributed by atoms with Gasteiger partial charge in [0.25, 0.3) is 5.91 Å². The van der Waals surface area contributed by atoms with Gasteiger partial charge in [0.05, 0.1) is 6.61 Å². The molecule has 3 N–H and O–H groups in total. The van der Waals surface area contributed by atoms with E-state index in [1.165, 1.54) is 0 Å². The third kappa shape index (κ3) is 5.46. The van der Waals surface area contributed by atoms with E-state index in [9.17, 15) is 9.59 Å². The maximum absolute atomic E-state index is 11.6. The van der Waals surface area contributed by atoms with Gasteiger partial charge in [-0.2, -0.15) is 0 Å². The van der Waals surface area contributed by atoms with Crippen LogP contribution in [0.2, 0.25) is 0 Å².